The summed E-state index contributed by atoms with van der Waals surface area (Å²) in [7, 11) is 0. The van der Waals surface area contributed by atoms with Crippen molar-refractivity contribution in [3.63, 3.8) is 0 Å². The van der Waals surface area contributed by atoms with Crippen LogP contribution in [0.15, 0.2) is 36.5 Å². The fraction of sp³-hybridized carbons (Fsp3) is 0.560. The molecular formula is C25H32F3N5O3. The first-order chi connectivity index (χ1) is 17.1. The van der Waals surface area contributed by atoms with Crippen LogP contribution in [0.1, 0.15) is 37.3 Å². The maximum absolute atomic E-state index is 12.4. The second kappa shape index (κ2) is 11.0. The lowest BCUT2D eigenvalue weighted by Gasteiger charge is -2.48. The number of hydrogen-bond donors (Lipinski definition) is 0. The SMILES string of the molecule is CCC1CN(c2ncc([N+](=O)[O-])cc2C)CCN1C1CCN(Cc2ccc(OC(F)(F)F)cc2)CC1. The van der Waals surface area contributed by atoms with Crippen LogP contribution in [0.5, 0.6) is 5.75 Å². The first-order valence-corrected chi connectivity index (χ1v) is 12.3. The number of anilines is 1. The molecule has 8 nitrogen and oxygen atoms in total. The standard InChI is InChI=1S/C25H32F3N5O3/c1-3-20-17-31(24-18(2)14-22(15-29-24)33(34)35)12-13-32(20)21-8-10-30(11-9-21)16-19-4-6-23(7-5-19)36-25(26,27)28/h4-7,14-15,20-21H,3,8-13,16-17H2,1-2H3. The number of piperidine rings is 1. The lowest BCUT2D eigenvalue weighted by molar-refractivity contribution is -0.385. The summed E-state index contributed by atoms with van der Waals surface area (Å²) in [6.07, 6.45) is -0.249. The minimum atomic E-state index is -4.68. The first kappa shape index (κ1) is 26.2. The molecule has 0 saturated carbocycles. The van der Waals surface area contributed by atoms with E-state index in [2.05, 4.69) is 31.3 Å². The maximum Gasteiger partial charge on any atom is 0.573 e. The highest BCUT2D eigenvalue weighted by Gasteiger charge is 2.34. The number of pyridine rings is 1. The van der Waals surface area contributed by atoms with Gasteiger partial charge in [0.15, 0.2) is 0 Å². The van der Waals surface area contributed by atoms with Crippen LogP contribution in [-0.4, -0.2) is 70.9 Å². The predicted octanol–water partition coefficient (Wildman–Crippen LogP) is 4.76. The fourth-order valence-corrected chi connectivity index (χ4v) is 5.35. The molecule has 2 aliphatic rings. The van der Waals surface area contributed by atoms with E-state index in [0.717, 1.165) is 68.9 Å². The molecule has 1 aromatic carbocycles. The van der Waals surface area contributed by atoms with Crippen molar-refractivity contribution >= 4 is 11.5 Å². The molecule has 1 unspecified atom stereocenters. The Labute approximate surface area is 208 Å². The van der Waals surface area contributed by atoms with Crippen molar-refractivity contribution in [2.75, 3.05) is 37.6 Å². The average molecular weight is 508 g/mol. The van der Waals surface area contributed by atoms with Crippen molar-refractivity contribution < 1.29 is 22.8 Å². The lowest BCUT2D eigenvalue weighted by Crippen LogP contribution is -2.58. The second-order valence-corrected chi connectivity index (χ2v) is 9.54. The van der Waals surface area contributed by atoms with E-state index in [1.54, 1.807) is 18.2 Å². The molecule has 4 rings (SSSR count). The third kappa shape index (κ3) is 6.44. The van der Waals surface area contributed by atoms with Crippen LogP contribution < -0.4 is 9.64 Å². The number of rotatable bonds is 7. The van der Waals surface area contributed by atoms with Gasteiger partial charge in [-0.1, -0.05) is 19.1 Å². The molecule has 1 atom stereocenters. The maximum atomic E-state index is 12.4. The molecule has 2 fully saturated rings. The Kier molecular flexibility index (Phi) is 7.99. The summed E-state index contributed by atoms with van der Waals surface area (Å²) >= 11 is 0. The highest BCUT2D eigenvalue weighted by atomic mass is 19.4. The van der Waals surface area contributed by atoms with E-state index in [0.29, 0.717) is 18.6 Å². The van der Waals surface area contributed by atoms with E-state index in [-0.39, 0.29) is 11.4 Å². The van der Waals surface area contributed by atoms with Gasteiger partial charge in [0.05, 0.1) is 4.92 Å². The number of likely N-dealkylation sites (tertiary alicyclic amines) is 1. The Hall–Kier alpha value is -2.92. The molecule has 0 aliphatic carbocycles. The van der Waals surface area contributed by atoms with Gasteiger partial charge in [0.2, 0.25) is 0 Å². The van der Waals surface area contributed by atoms with Crippen molar-refractivity contribution in [2.45, 2.75) is 58.1 Å². The van der Waals surface area contributed by atoms with Gasteiger partial charge in [-0.15, -0.1) is 13.2 Å². The smallest absolute Gasteiger partial charge is 0.406 e. The van der Waals surface area contributed by atoms with Gasteiger partial charge >= 0.3 is 6.36 Å². The minimum absolute atomic E-state index is 0.0132. The van der Waals surface area contributed by atoms with E-state index in [4.69, 9.17) is 0 Å². The van der Waals surface area contributed by atoms with Gasteiger partial charge in [-0.3, -0.25) is 19.9 Å². The molecule has 0 radical (unpaired) electrons. The number of ether oxygens (including phenoxy) is 1. The van der Waals surface area contributed by atoms with Gasteiger partial charge in [0, 0.05) is 44.3 Å². The highest BCUT2D eigenvalue weighted by molar-refractivity contribution is 5.51. The van der Waals surface area contributed by atoms with E-state index in [9.17, 15) is 23.3 Å². The largest absolute Gasteiger partial charge is 0.573 e. The predicted molar refractivity (Wildman–Crippen MR) is 130 cm³/mol. The molecule has 2 aliphatic heterocycles. The molecule has 0 bridgehead atoms. The molecule has 2 saturated heterocycles. The summed E-state index contributed by atoms with van der Waals surface area (Å²) in [5.41, 5.74) is 1.80. The summed E-state index contributed by atoms with van der Waals surface area (Å²) in [5, 5.41) is 11.0. The van der Waals surface area contributed by atoms with Crippen molar-refractivity contribution in [2.24, 2.45) is 0 Å². The lowest BCUT2D eigenvalue weighted by atomic mass is 9.97. The van der Waals surface area contributed by atoms with Crippen LogP contribution in [0.3, 0.4) is 0 Å². The van der Waals surface area contributed by atoms with Crippen molar-refractivity contribution in [1.82, 2.24) is 14.8 Å². The Morgan fingerprint density at radius 2 is 1.83 bits per heavy atom. The molecule has 0 N–H and O–H groups in total. The van der Waals surface area contributed by atoms with Crippen molar-refractivity contribution in [3.8, 4) is 5.75 Å². The van der Waals surface area contributed by atoms with E-state index < -0.39 is 11.3 Å². The average Bonchev–Trinajstić information content (AvgIpc) is 2.84. The summed E-state index contributed by atoms with van der Waals surface area (Å²) in [5.74, 6) is 0.619. The van der Waals surface area contributed by atoms with Gasteiger partial charge in [-0.25, -0.2) is 4.98 Å². The van der Waals surface area contributed by atoms with Crippen LogP contribution in [0, 0.1) is 17.0 Å². The number of piperazine rings is 1. The van der Waals surface area contributed by atoms with E-state index in [1.165, 1.54) is 18.3 Å². The number of benzene rings is 1. The zero-order valence-corrected chi connectivity index (χ0v) is 20.6. The van der Waals surface area contributed by atoms with Crippen LogP contribution in [0.25, 0.3) is 0 Å². The molecule has 36 heavy (non-hydrogen) atoms. The third-order valence-electron chi connectivity index (χ3n) is 7.14. The molecule has 2 aromatic rings. The highest BCUT2D eigenvalue weighted by Crippen LogP contribution is 2.29. The first-order valence-electron chi connectivity index (χ1n) is 12.3. The Morgan fingerprint density at radius 1 is 1.14 bits per heavy atom. The number of hydrogen-bond acceptors (Lipinski definition) is 7. The number of alkyl halides is 3. The molecule has 3 heterocycles. The normalized spacial score (nSPS) is 20.5. The molecule has 196 valence electrons. The summed E-state index contributed by atoms with van der Waals surface area (Å²) in [6.45, 7) is 9.23. The van der Waals surface area contributed by atoms with Crippen LogP contribution in [-0.2, 0) is 6.54 Å². The Bertz CT molecular complexity index is 1040. The Morgan fingerprint density at radius 3 is 2.42 bits per heavy atom. The van der Waals surface area contributed by atoms with Gasteiger partial charge in [-0.05, 0) is 62.5 Å². The monoisotopic (exact) mass is 507 g/mol. The molecule has 0 spiro atoms. The summed E-state index contributed by atoms with van der Waals surface area (Å²) in [4.78, 5) is 22.2. The zero-order chi connectivity index (χ0) is 25.9. The van der Waals surface area contributed by atoms with Gasteiger partial charge in [-0.2, -0.15) is 0 Å². The van der Waals surface area contributed by atoms with Crippen LogP contribution in [0.4, 0.5) is 24.7 Å². The number of nitro groups is 1. The minimum Gasteiger partial charge on any atom is -0.406 e. The van der Waals surface area contributed by atoms with E-state index >= 15 is 0 Å². The third-order valence-corrected chi connectivity index (χ3v) is 7.14. The Balaban J connectivity index is 1.30. The molecule has 0 amide bonds. The van der Waals surface area contributed by atoms with E-state index in [1.807, 2.05) is 6.92 Å². The van der Waals surface area contributed by atoms with Crippen LogP contribution in [0.2, 0.25) is 0 Å². The second-order valence-electron chi connectivity index (χ2n) is 9.54. The zero-order valence-electron chi connectivity index (χ0n) is 20.6. The number of aryl methyl sites for hydroxylation is 1. The summed E-state index contributed by atoms with van der Waals surface area (Å²) in [6, 6.07) is 8.56. The fourth-order valence-electron chi connectivity index (χ4n) is 5.35. The summed E-state index contributed by atoms with van der Waals surface area (Å²) < 4.78 is 41.0. The van der Waals surface area contributed by atoms with Gasteiger partial charge < -0.3 is 9.64 Å². The van der Waals surface area contributed by atoms with Crippen molar-refractivity contribution in [1.29, 1.82) is 0 Å². The molecule has 1 aromatic heterocycles. The quantitative estimate of drug-likeness (QED) is 0.395. The number of aromatic nitrogens is 1. The van der Waals surface area contributed by atoms with Crippen molar-refractivity contribution in [3.05, 3.63) is 57.8 Å². The topological polar surface area (TPSA) is 75.0 Å². The molecule has 11 heteroatoms. The number of nitrogens with zero attached hydrogens (tertiary/aromatic N) is 5. The van der Waals surface area contributed by atoms with Crippen LogP contribution >= 0.6 is 0 Å². The number of halogens is 3. The molecular weight excluding hydrogens is 475 g/mol. The van der Waals surface area contributed by atoms with Gasteiger partial charge in [0.1, 0.15) is 17.8 Å². The van der Waals surface area contributed by atoms with Gasteiger partial charge in [0.25, 0.3) is 5.69 Å².